The van der Waals surface area contributed by atoms with Gasteiger partial charge in [-0.05, 0) is 60.2 Å². The fourth-order valence-electron chi connectivity index (χ4n) is 4.04. The molecule has 1 aliphatic rings. The molecular weight excluding hydrogens is 376 g/mol. The number of anilines is 1. The largest absolute Gasteiger partial charge is 0.338 e. The lowest BCUT2D eigenvalue weighted by atomic mass is 9.83. The third-order valence-electron chi connectivity index (χ3n) is 5.38. The zero-order valence-corrected chi connectivity index (χ0v) is 17.7. The number of hydrogen-bond acceptors (Lipinski definition) is 2. The number of benzene rings is 3. The Morgan fingerprint density at radius 1 is 1.03 bits per heavy atom. The number of carbonyl (C=O) groups excluding carboxylic acids is 1. The molecular formula is C25H26N2OS. The summed E-state index contributed by atoms with van der Waals surface area (Å²) in [5.41, 5.74) is 7.62. The second-order valence-electron chi connectivity index (χ2n) is 7.42. The molecule has 3 aromatic carbocycles. The number of fused-ring (bicyclic) bond motifs is 2. The minimum atomic E-state index is -0.165. The van der Waals surface area contributed by atoms with Crippen LogP contribution in [0.2, 0.25) is 0 Å². The number of aryl methyl sites for hydroxylation is 1. The summed E-state index contributed by atoms with van der Waals surface area (Å²) >= 11 is 1.94. The average molecular weight is 403 g/mol. The minimum absolute atomic E-state index is 0.165. The Morgan fingerprint density at radius 3 is 2.69 bits per heavy atom. The first-order valence-corrected chi connectivity index (χ1v) is 11.1. The van der Waals surface area contributed by atoms with Crippen molar-refractivity contribution in [1.82, 2.24) is 5.32 Å². The van der Waals surface area contributed by atoms with Crippen LogP contribution in [-0.4, -0.2) is 12.6 Å². The van der Waals surface area contributed by atoms with Gasteiger partial charge < -0.3 is 10.6 Å². The molecule has 4 rings (SSSR count). The van der Waals surface area contributed by atoms with Crippen LogP contribution in [0.5, 0.6) is 0 Å². The third-order valence-corrected chi connectivity index (χ3v) is 6.68. The fraction of sp³-hybridized carbons (Fsp3) is 0.240. The van der Waals surface area contributed by atoms with Gasteiger partial charge in [-0.25, -0.2) is 4.79 Å². The molecule has 29 heavy (non-hydrogen) atoms. The molecule has 148 valence electrons. The van der Waals surface area contributed by atoms with E-state index in [9.17, 15) is 4.79 Å². The van der Waals surface area contributed by atoms with E-state index in [2.05, 4.69) is 72.2 Å². The molecule has 3 aromatic rings. The minimum Gasteiger partial charge on any atom is -0.338 e. The highest BCUT2D eigenvalue weighted by Gasteiger charge is 2.25. The molecule has 1 heterocycles. The predicted molar refractivity (Wildman–Crippen MR) is 122 cm³/mol. The summed E-state index contributed by atoms with van der Waals surface area (Å²) in [6.45, 7) is 4.73. The van der Waals surface area contributed by atoms with Crippen molar-refractivity contribution in [2.24, 2.45) is 0 Å². The lowest BCUT2D eigenvalue weighted by Crippen LogP contribution is -2.28. The summed E-state index contributed by atoms with van der Waals surface area (Å²) in [5.74, 6) is 1.30. The zero-order chi connectivity index (χ0) is 20.2. The van der Waals surface area contributed by atoms with Gasteiger partial charge in [-0.1, -0.05) is 54.6 Å². The molecule has 0 saturated carbocycles. The van der Waals surface area contributed by atoms with Crippen molar-refractivity contribution in [1.29, 1.82) is 0 Å². The Bertz CT molecular complexity index is 1030. The molecule has 1 atom stereocenters. The monoisotopic (exact) mass is 402 g/mol. The number of carbonyl (C=O) groups is 1. The Balaban J connectivity index is 1.70. The van der Waals surface area contributed by atoms with Gasteiger partial charge in [0.05, 0.1) is 0 Å². The van der Waals surface area contributed by atoms with Crippen LogP contribution in [0.15, 0.2) is 71.6 Å². The molecule has 0 aliphatic carbocycles. The Morgan fingerprint density at radius 2 is 1.83 bits per heavy atom. The van der Waals surface area contributed by atoms with Gasteiger partial charge in [0.15, 0.2) is 0 Å². The molecule has 0 fully saturated rings. The SMILES string of the molecule is CCNC(=O)Nc1cccc(CC2c3ccccc3CSc3c(C)cccc32)c1. The number of hydrogen-bond donors (Lipinski definition) is 2. The van der Waals surface area contributed by atoms with Crippen molar-refractivity contribution in [3.05, 3.63) is 94.5 Å². The van der Waals surface area contributed by atoms with E-state index >= 15 is 0 Å². The van der Waals surface area contributed by atoms with E-state index in [0.29, 0.717) is 12.5 Å². The summed E-state index contributed by atoms with van der Waals surface area (Å²) in [6, 6.07) is 23.5. The Hall–Kier alpha value is -2.72. The predicted octanol–water partition coefficient (Wildman–Crippen LogP) is 6.12. The van der Waals surface area contributed by atoms with Crippen LogP contribution in [0.1, 0.15) is 40.7 Å². The van der Waals surface area contributed by atoms with Crippen molar-refractivity contribution in [2.45, 2.75) is 36.8 Å². The summed E-state index contributed by atoms with van der Waals surface area (Å²) in [4.78, 5) is 13.3. The van der Waals surface area contributed by atoms with E-state index in [-0.39, 0.29) is 6.03 Å². The second-order valence-corrected chi connectivity index (χ2v) is 8.41. The lowest BCUT2D eigenvalue weighted by Gasteiger charge is -2.21. The first-order chi connectivity index (χ1) is 14.2. The molecule has 3 nitrogen and oxygen atoms in total. The first-order valence-electron chi connectivity index (χ1n) is 10.1. The number of thioether (sulfide) groups is 1. The maximum atomic E-state index is 11.9. The van der Waals surface area contributed by atoms with Gasteiger partial charge in [0, 0.05) is 28.8 Å². The van der Waals surface area contributed by atoms with Gasteiger partial charge in [0.2, 0.25) is 0 Å². The molecule has 4 heteroatoms. The first kappa shape index (κ1) is 19.6. The summed E-state index contributed by atoms with van der Waals surface area (Å²) in [7, 11) is 0. The molecule has 2 amide bonds. The van der Waals surface area contributed by atoms with Crippen LogP contribution in [-0.2, 0) is 12.2 Å². The van der Waals surface area contributed by atoms with Crippen molar-refractivity contribution < 1.29 is 4.79 Å². The molecule has 2 N–H and O–H groups in total. The topological polar surface area (TPSA) is 41.1 Å². The van der Waals surface area contributed by atoms with Gasteiger partial charge in [0.1, 0.15) is 0 Å². The Labute approximate surface area is 176 Å². The Kier molecular flexibility index (Phi) is 5.91. The quantitative estimate of drug-likeness (QED) is 0.552. The fourth-order valence-corrected chi connectivity index (χ4v) is 5.27. The van der Waals surface area contributed by atoms with E-state index in [4.69, 9.17) is 0 Å². The zero-order valence-electron chi connectivity index (χ0n) is 16.9. The van der Waals surface area contributed by atoms with E-state index in [1.807, 2.05) is 30.8 Å². The van der Waals surface area contributed by atoms with Crippen molar-refractivity contribution in [3.63, 3.8) is 0 Å². The van der Waals surface area contributed by atoms with Crippen LogP contribution in [0.25, 0.3) is 0 Å². The van der Waals surface area contributed by atoms with E-state index in [1.165, 1.54) is 32.7 Å². The number of rotatable bonds is 4. The smallest absolute Gasteiger partial charge is 0.319 e. The van der Waals surface area contributed by atoms with Gasteiger partial charge >= 0.3 is 6.03 Å². The van der Waals surface area contributed by atoms with E-state index in [1.54, 1.807) is 0 Å². The average Bonchev–Trinajstić information content (AvgIpc) is 2.87. The van der Waals surface area contributed by atoms with Crippen LogP contribution in [0.4, 0.5) is 10.5 Å². The highest BCUT2D eigenvalue weighted by molar-refractivity contribution is 7.98. The van der Waals surface area contributed by atoms with Crippen LogP contribution < -0.4 is 10.6 Å². The van der Waals surface area contributed by atoms with E-state index in [0.717, 1.165) is 17.9 Å². The van der Waals surface area contributed by atoms with Gasteiger partial charge in [-0.3, -0.25) is 0 Å². The maximum Gasteiger partial charge on any atom is 0.319 e. The standard InChI is InChI=1S/C25H26N2OS/c1-3-26-25(28)27-20-11-7-9-18(14-20)15-23-21-12-5-4-10-19(21)16-29-24-17(2)8-6-13-22(23)24/h4-14,23H,3,15-16H2,1-2H3,(H2,26,27,28). The molecule has 0 radical (unpaired) electrons. The molecule has 1 unspecified atom stereocenters. The molecule has 0 spiro atoms. The third kappa shape index (κ3) is 4.33. The van der Waals surface area contributed by atoms with Gasteiger partial charge in [-0.2, -0.15) is 0 Å². The summed E-state index contributed by atoms with van der Waals surface area (Å²) < 4.78 is 0. The number of urea groups is 1. The molecule has 0 aromatic heterocycles. The van der Waals surface area contributed by atoms with E-state index < -0.39 is 0 Å². The van der Waals surface area contributed by atoms with Crippen molar-refractivity contribution in [2.75, 3.05) is 11.9 Å². The van der Waals surface area contributed by atoms with Gasteiger partial charge in [-0.15, -0.1) is 11.8 Å². The van der Waals surface area contributed by atoms with Crippen molar-refractivity contribution in [3.8, 4) is 0 Å². The number of nitrogens with one attached hydrogen (secondary N) is 2. The van der Waals surface area contributed by atoms with Crippen LogP contribution in [0, 0.1) is 6.92 Å². The maximum absolute atomic E-state index is 11.9. The highest BCUT2D eigenvalue weighted by Crippen LogP contribution is 2.43. The molecule has 0 bridgehead atoms. The number of amides is 2. The summed E-state index contributed by atoms with van der Waals surface area (Å²) in [5, 5.41) is 5.71. The molecule has 1 aliphatic heterocycles. The van der Waals surface area contributed by atoms with Gasteiger partial charge in [0.25, 0.3) is 0 Å². The molecule has 0 saturated heterocycles. The highest BCUT2D eigenvalue weighted by atomic mass is 32.2. The second kappa shape index (κ2) is 8.75. The van der Waals surface area contributed by atoms with Crippen LogP contribution >= 0.6 is 11.8 Å². The normalized spacial score (nSPS) is 15.0. The summed E-state index contributed by atoms with van der Waals surface area (Å²) in [6.07, 6.45) is 0.902. The lowest BCUT2D eigenvalue weighted by molar-refractivity contribution is 0.252. The van der Waals surface area contributed by atoms with Crippen LogP contribution in [0.3, 0.4) is 0 Å². The van der Waals surface area contributed by atoms with Crippen molar-refractivity contribution >= 4 is 23.5 Å².